The maximum absolute atomic E-state index is 13.5. The summed E-state index contributed by atoms with van der Waals surface area (Å²) >= 11 is 1.51. The van der Waals surface area contributed by atoms with Crippen LogP contribution >= 0.6 is 11.3 Å². The lowest BCUT2D eigenvalue weighted by Gasteiger charge is -2.43. The summed E-state index contributed by atoms with van der Waals surface area (Å²) in [5.74, 6) is 0.684. The molecule has 0 atom stereocenters. The Balaban J connectivity index is 1.59. The second-order valence-electron chi connectivity index (χ2n) is 9.13. The molecule has 0 aliphatic carbocycles. The predicted octanol–water partition coefficient (Wildman–Crippen LogP) is 4.32. The fourth-order valence-corrected chi connectivity index (χ4v) is 4.84. The summed E-state index contributed by atoms with van der Waals surface area (Å²) in [4.78, 5) is 35.5. The molecule has 0 unspecified atom stereocenters. The number of methoxy groups -OCH3 is 1. The van der Waals surface area contributed by atoms with Crippen LogP contribution in [-0.4, -0.2) is 59.0 Å². The van der Waals surface area contributed by atoms with Crippen molar-refractivity contribution in [2.24, 2.45) is 4.99 Å². The second kappa shape index (κ2) is 8.58. The van der Waals surface area contributed by atoms with E-state index in [1.807, 2.05) is 67.4 Å². The molecular weight excluding hydrogens is 426 g/mol. The van der Waals surface area contributed by atoms with Crippen molar-refractivity contribution in [2.75, 3.05) is 20.2 Å². The first-order chi connectivity index (χ1) is 15.2. The van der Waals surface area contributed by atoms with E-state index in [1.54, 1.807) is 12.0 Å². The van der Waals surface area contributed by atoms with Gasteiger partial charge in [-0.05, 0) is 49.9 Å². The van der Waals surface area contributed by atoms with Crippen molar-refractivity contribution in [3.8, 4) is 5.75 Å². The topological polar surface area (TPSA) is 71.4 Å². The third-order valence-electron chi connectivity index (χ3n) is 5.72. The molecule has 4 rings (SSSR count). The van der Waals surface area contributed by atoms with E-state index in [2.05, 4.69) is 0 Å². The Morgan fingerprint density at radius 1 is 1.19 bits per heavy atom. The first-order valence-corrected chi connectivity index (χ1v) is 11.7. The minimum Gasteiger partial charge on any atom is -0.497 e. The summed E-state index contributed by atoms with van der Waals surface area (Å²) in [6.45, 7) is 6.98. The standard InChI is InChI=1S/C24H29N3O4S/c1-23(2,3)31-22(29)26-12-10-24(11-13-26)25-20(19-9-6-14-32-19)21(28)27(24)16-17-7-5-8-18(15-17)30-4/h5-9,14-15H,10-13,16H2,1-4H3. The molecule has 2 amide bonds. The zero-order chi connectivity index (χ0) is 22.9. The highest BCUT2D eigenvalue weighted by Gasteiger charge is 2.49. The first-order valence-electron chi connectivity index (χ1n) is 10.8. The number of hydrogen-bond acceptors (Lipinski definition) is 6. The van der Waals surface area contributed by atoms with Crippen molar-refractivity contribution in [3.63, 3.8) is 0 Å². The van der Waals surface area contributed by atoms with Crippen molar-refractivity contribution in [2.45, 2.75) is 51.4 Å². The average Bonchev–Trinajstić information content (AvgIpc) is 3.37. The van der Waals surface area contributed by atoms with Gasteiger partial charge < -0.3 is 19.3 Å². The van der Waals surface area contributed by atoms with Gasteiger partial charge in [0.1, 0.15) is 22.7 Å². The number of carbonyl (C=O) groups is 2. The van der Waals surface area contributed by atoms with Gasteiger partial charge in [-0.2, -0.15) is 0 Å². The van der Waals surface area contributed by atoms with Crippen LogP contribution < -0.4 is 4.74 Å². The number of rotatable bonds is 4. The average molecular weight is 456 g/mol. The number of aliphatic imine (C=N–C) groups is 1. The Bertz CT molecular complexity index is 1020. The molecule has 0 radical (unpaired) electrons. The Morgan fingerprint density at radius 3 is 2.56 bits per heavy atom. The number of thiophene rings is 1. The normalized spacial score (nSPS) is 18.1. The molecule has 2 aromatic rings. The highest BCUT2D eigenvalue weighted by atomic mass is 32.1. The van der Waals surface area contributed by atoms with Gasteiger partial charge in [0.25, 0.3) is 5.91 Å². The monoisotopic (exact) mass is 455 g/mol. The minimum absolute atomic E-state index is 0.0685. The van der Waals surface area contributed by atoms with Gasteiger partial charge in [-0.1, -0.05) is 18.2 Å². The number of carbonyl (C=O) groups excluding carboxylic acids is 2. The van der Waals surface area contributed by atoms with E-state index in [9.17, 15) is 9.59 Å². The molecule has 0 N–H and O–H groups in total. The number of ether oxygens (including phenoxy) is 2. The van der Waals surface area contributed by atoms with E-state index in [0.717, 1.165) is 16.2 Å². The quantitative estimate of drug-likeness (QED) is 0.689. The van der Waals surface area contributed by atoms with Gasteiger partial charge >= 0.3 is 6.09 Å². The summed E-state index contributed by atoms with van der Waals surface area (Å²) < 4.78 is 10.9. The van der Waals surface area contributed by atoms with Crippen LogP contribution in [-0.2, 0) is 16.1 Å². The Morgan fingerprint density at radius 2 is 1.94 bits per heavy atom. The Kier molecular flexibility index (Phi) is 5.99. The summed E-state index contributed by atoms with van der Waals surface area (Å²) in [6, 6.07) is 11.6. The molecule has 7 nitrogen and oxygen atoms in total. The zero-order valence-electron chi connectivity index (χ0n) is 19.0. The molecule has 0 bridgehead atoms. The Hall–Kier alpha value is -2.87. The highest BCUT2D eigenvalue weighted by Crippen LogP contribution is 2.38. The number of hydrogen-bond donors (Lipinski definition) is 0. The van der Waals surface area contributed by atoms with Crippen molar-refractivity contribution < 1.29 is 19.1 Å². The summed E-state index contributed by atoms with van der Waals surface area (Å²) in [7, 11) is 1.63. The summed E-state index contributed by atoms with van der Waals surface area (Å²) in [6.07, 6.45) is 0.812. The summed E-state index contributed by atoms with van der Waals surface area (Å²) in [5.41, 5.74) is 0.277. The molecular formula is C24H29N3O4S. The lowest BCUT2D eigenvalue weighted by atomic mass is 9.95. The van der Waals surface area contributed by atoms with E-state index < -0.39 is 11.3 Å². The molecule has 1 spiro atoms. The second-order valence-corrected chi connectivity index (χ2v) is 10.1. The van der Waals surface area contributed by atoms with Crippen molar-refractivity contribution >= 4 is 29.0 Å². The third-order valence-corrected chi connectivity index (χ3v) is 6.59. The minimum atomic E-state index is -0.669. The summed E-state index contributed by atoms with van der Waals surface area (Å²) in [5, 5.41) is 1.95. The van der Waals surface area contributed by atoms with Crippen LogP contribution in [0.2, 0.25) is 0 Å². The molecule has 32 heavy (non-hydrogen) atoms. The van der Waals surface area contributed by atoms with Crippen LogP contribution in [0.25, 0.3) is 0 Å². The number of benzene rings is 1. The fraction of sp³-hybridized carbons (Fsp3) is 0.458. The van der Waals surface area contributed by atoms with Crippen molar-refractivity contribution in [1.82, 2.24) is 9.80 Å². The van der Waals surface area contributed by atoms with Gasteiger partial charge in [-0.25, -0.2) is 9.79 Å². The lowest BCUT2D eigenvalue weighted by Crippen LogP contribution is -2.54. The first kappa shape index (κ1) is 22.3. The maximum Gasteiger partial charge on any atom is 0.410 e. The van der Waals surface area contributed by atoms with E-state index in [0.29, 0.717) is 38.2 Å². The molecule has 1 aromatic heterocycles. The molecule has 2 aliphatic rings. The van der Waals surface area contributed by atoms with Crippen LogP contribution in [0.3, 0.4) is 0 Å². The Labute approximate surface area is 192 Å². The molecule has 170 valence electrons. The van der Waals surface area contributed by atoms with E-state index >= 15 is 0 Å². The van der Waals surface area contributed by atoms with Gasteiger partial charge in [0.05, 0.1) is 12.0 Å². The van der Waals surface area contributed by atoms with E-state index in [-0.39, 0.29) is 12.0 Å². The van der Waals surface area contributed by atoms with E-state index in [1.165, 1.54) is 11.3 Å². The van der Waals surface area contributed by atoms with Crippen molar-refractivity contribution in [1.29, 1.82) is 0 Å². The highest BCUT2D eigenvalue weighted by molar-refractivity contribution is 7.13. The van der Waals surface area contributed by atoms with Gasteiger partial charge in [0.15, 0.2) is 0 Å². The van der Waals surface area contributed by atoms with Crippen LogP contribution in [0.1, 0.15) is 44.1 Å². The molecule has 1 saturated heterocycles. The fourth-order valence-electron chi connectivity index (χ4n) is 4.13. The molecule has 1 aromatic carbocycles. The van der Waals surface area contributed by atoms with Gasteiger partial charge in [-0.15, -0.1) is 11.3 Å². The van der Waals surface area contributed by atoms with Gasteiger partial charge in [-0.3, -0.25) is 4.79 Å². The van der Waals surface area contributed by atoms with E-state index in [4.69, 9.17) is 14.5 Å². The third kappa shape index (κ3) is 4.50. The van der Waals surface area contributed by atoms with Crippen LogP contribution in [0.4, 0.5) is 4.79 Å². The smallest absolute Gasteiger partial charge is 0.410 e. The van der Waals surface area contributed by atoms with Gasteiger partial charge in [0.2, 0.25) is 0 Å². The SMILES string of the molecule is COc1cccc(CN2C(=O)C(c3cccs3)=NC23CCN(C(=O)OC(C)(C)C)CC3)c1. The molecule has 2 aliphatic heterocycles. The number of nitrogens with zero attached hydrogens (tertiary/aromatic N) is 3. The molecule has 3 heterocycles. The zero-order valence-corrected chi connectivity index (χ0v) is 19.8. The maximum atomic E-state index is 13.5. The molecule has 0 saturated carbocycles. The molecule has 8 heteroatoms. The molecule has 1 fully saturated rings. The lowest BCUT2D eigenvalue weighted by molar-refractivity contribution is -0.130. The van der Waals surface area contributed by atoms with Gasteiger partial charge in [0, 0.05) is 32.5 Å². The number of likely N-dealkylation sites (tertiary alicyclic amines) is 1. The number of amides is 2. The van der Waals surface area contributed by atoms with Crippen LogP contribution in [0.5, 0.6) is 5.75 Å². The predicted molar refractivity (Wildman–Crippen MR) is 124 cm³/mol. The number of piperidine rings is 1. The largest absolute Gasteiger partial charge is 0.497 e. The van der Waals surface area contributed by atoms with Crippen LogP contribution in [0.15, 0.2) is 46.8 Å². The van der Waals surface area contributed by atoms with Crippen molar-refractivity contribution in [3.05, 3.63) is 52.2 Å². The van der Waals surface area contributed by atoms with Crippen LogP contribution in [0, 0.1) is 0 Å².